The van der Waals surface area contributed by atoms with Crippen molar-refractivity contribution in [2.75, 3.05) is 10.6 Å². The van der Waals surface area contributed by atoms with E-state index in [2.05, 4.69) is 83.6 Å². The van der Waals surface area contributed by atoms with Gasteiger partial charge in [-0.05, 0) is 56.9 Å². The zero-order valence-corrected chi connectivity index (χ0v) is 16.7. The number of hydrogen-bond acceptors (Lipinski definition) is 5. The van der Waals surface area contributed by atoms with Crippen LogP contribution >= 0.6 is 0 Å². The molecule has 0 spiro atoms. The first-order chi connectivity index (χ1) is 13.0. The normalized spacial score (nSPS) is 10.7. The molecule has 0 amide bonds. The first-order valence-electron chi connectivity index (χ1n) is 9.38. The Morgan fingerprint density at radius 1 is 0.815 bits per heavy atom. The lowest BCUT2D eigenvalue weighted by Gasteiger charge is -2.14. The number of para-hydroxylation sites is 1. The highest BCUT2D eigenvalue weighted by molar-refractivity contribution is 5.65. The van der Waals surface area contributed by atoms with Crippen LogP contribution in [0.4, 0.5) is 23.3 Å². The number of rotatable bonds is 6. The predicted molar refractivity (Wildman–Crippen MR) is 112 cm³/mol. The van der Waals surface area contributed by atoms with E-state index < -0.39 is 0 Å². The van der Waals surface area contributed by atoms with E-state index in [0.717, 1.165) is 24.2 Å². The molecule has 0 saturated carbocycles. The summed E-state index contributed by atoms with van der Waals surface area (Å²) in [7, 11) is 0. The van der Waals surface area contributed by atoms with Crippen LogP contribution in [0.3, 0.4) is 0 Å². The molecule has 5 heteroatoms. The van der Waals surface area contributed by atoms with Crippen molar-refractivity contribution in [2.24, 2.45) is 0 Å². The molecule has 0 aliphatic heterocycles. The Morgan fingerprint density at radius 2 is 1.44 bits per heavy atom. The van der Waals surface area contributed by atoms with Gasteiger partial charge in [-0.1, -0.05) is 49.2 Å². The summed E-state index contributed by atoms with van der Waals surface area (Å²) < 4.78 is 0. The van der Waals surface area contributed by atoms with E-state index in [9.17, 15) is 0 Å². The fourth-order valence-corrected chi connectivity index (χ4v) is 3.33. The molecule has 140 valence electrons. The minimum Gasteiger partial charge on any atom is -0.324 e. The van der Waals surface area contributed by atoms with Gasteiger partial charge in [0, 0.05) is 11.4 Å². The van der Waals surface area contributed by atoms with Crippen LogP contribution < -0.4 is 10.6 Å². The lowest BCUT2D eigenvalue weighted by molar-refractivity contribution is 0.921. The van der Waals surface area contributed by atoms with Gasteiger partial charge < -0.3 is 10.6 Å². The van der Waals surface area contributed by atoms with Crippen LogP contribution in [0.5, 0.6) is 0 Å². The summed E-state index contributed by atoms with van der Waals surface area (Å²) in [6, 6.07) is 12.6. The van der Waals surface area contributed by atoms with Crippen molar-refractivity contribution in [1.29, 1.82) is 0 Å². The number of nitrogens with one attached hydrogen (secondary N) is 2. The van der Waals surface area contributed by atoms with Crippen LogP contribution in [0, 0.1) is 27.7 Å². The third-order valence-corrected chi connectivity index (χ3v) is 4.44. The van der Waals surface area contributed by atoms with E-state index >= 15 is 0 Å². The van der Waals surface area contributed by atoms with Crippen LogP contribution in [0.25, 0.3) is 0 Å². The summed E-state index contributed by atoms with van der Waals surface area (Å²) in [5.41, 5.74) is 6.94. The van der Waals surface area contributed by atoms with Gasteiger partial charge in [-0.3, -0.25) is 0 Å². The quantitative estimate of drug-likeness (QED) is 0.603. The van der Waals surface area contributed by atoms with Gasteiger partial charge in [0.1, 0.15) is 5.82 Å². The fourth-order valence-electron chi connectivity index (χ4n) is 3.33. The highest BCUT2D eigenvalue weighted by atomic mass is 15.2. The van der Waals surface area contributed by atoms with Crippen molar-refractivity contribution in [2.45, 2.75) is 47.5 Å². The summed E-state index contributed by atoms with van der Waals surface area (Å²) >= 11 is 0. The second-order valence-electron chi connectivity index (χ2n) is 6.96. The monoisotopic (exact) mass is 361 g/mol. The van der Waals surface area contributed by atoms with E-state index in [0.29, 0.717) is 17.7 Å². The van der Waals surface area contributed by atoms with Crippen LogP contribution in [-0.4, -0.2) is 15.0 Å². The molecule has 0 atom stereocenters. The molecule has 0 aliphatic carbocycles. The lowest BCUT2D eigenvalue weighted by atomic mass is 10.1. The molecule has 0 fully saturated rings. The molecule has 27 heavy (non-hydrogen) atoms. The second kappa shape index (κ2) is 8.16. The van der Waals surface area contributed by atoms with Crippen LogP contribution in [-0.2, 0) is 6.42 Å². The highest BCUT2D eigenvalue weighted by Gasteiger charge is 2.10. The smallest absolute Gasteiger partial charge is 0.232 e. The number of nitrogens with zero attached hydrogens (tertiary/aromatic N) is 3. The van der Waals surface area contributed by atoms with E-state index in [4.69, 9.17) is 0 Å². The zero-order chi connectivity index (χ0) is 19.4. The standard InChI is InChI=1S/C22H27N5/c1-6-9-18-10-7-8-11-19(18)25-21-23-17(5)24-22(27-21)26-20-15(3)12-14(2)13-16(20)4/h7-8,10-13H,6,9H2,1-5H3,(H2,23,24,25,26,27). The fraction of sp³-hybridized carbons (Fsp3) is 0.318. The number of aryl methyl sites for hydroxylation is 5. The van der Waals surface area contributed by atoms with Gasteiger partial charge >= 0.3 is 0 Å². The van der Waals surface area contributed by atoms with Crippen molar-refractivity contribution in [3.8, 4) is 0 Å². The Labute approximate surface area is 161 Å². The third-order valence-electron chi connectivity index (χ3n) is 4.44. The Bertz CT molecular complexity index is 926. The first kappa shape index (κ1) is 18.8. The number of aromatic nitrogens is 3. The Balaban J connectivity index is 1.90. The molecule has 5 nitrogen and oxygen atoms in total. The topological polar surface area (TPSA) is 62.7 Å². The molecule has 0 bridgehead atoms. The minimum absolute atomic E-state index is 0.549. The molecule has 3 aromatic rings. The molecular weight excluding hydrogens is 334 g/mol. The Hall–Kier alpha value is -2.95. The molecule has 2 N–H and O–H groups in total. The van der Waals surface area contributed by atoms with E-state index in [1.807, 2.05) is 13.0 Å². The van der Waals surface area contributed by atoms with Crippen molar-refractivity contribution in [3.63, 3.8) is 0 Å². The summed E-state index contributed by atoms with van der Waals surface area (Å²) in [4.78, 5) is 13.5. The molecule has 0 unspecified atom stereocenters. The van der Waals surface area contributed by atoms with Crippen LogP contribution in [0.15, 0.2) is 36.4 Å². The summed E-state index contributed by atoms with van der Waals surface area (Å²) in [5.74, 6) is 1.77. The molecular formula is C22H27N5. The summed E-state index contributed by atoms with van der Waals surface area (Å²) in [6.45, 7) is 10.3. The van der Waals surface area contributed by atoms with Crippen molar-refractivity contribution in [3.05, 3.63) is 64.5 Å². The SMILES string of the molecule is CCCc1ccccc1Nc1nc(C)nc(Nc2c(C)cc(C)cc2C)n1. The number of anilines is 4. The summed E-state index contributed by atoms with van der Waals surface area (Å²) in [6.07, 6.45) is 2.10. The lowest BCUT2D eigenvalue weighted by Crippen LogP contribution is -2.07. The van der Waals surface area contributed by atoms with Gasteiger partial charge in [-0.25, -0.2) is 0 Å². The predicted octanol–water partition coefficient (Wildman–Crippen LogP) is 5.54. The van der Waals surface area contributed by atoms with Crippen molar-refractivity contribution >= 4 is 23.3 Å². The maximum atomic E-state index is 4.59. The van der Waals surface area contributed by atoms with Crippen molar-refractivity contribution in [1.82, 2.24) is 15.0 Å². The number of hydrogen-bond donors (Lipinski definition) is 2. The van der Waals surface area contributed by atoms with Gasteiger partial charge in [-0.2, -0.15) is 15.0 Å². The highest BCUT2D eigenvalue weighted by Crippen LogP contribution is 2.25. The maximum absolute atomic E-state index is 4.59. The zero-order valence-electron chi connectivity index (χ0n) is 16.7. The molecule has 2 aromatic carbocycles. The Kier molecular flexibility index (Phi) is 5.69. The van der Waals surface area contributed by atoms with Gasteiger partial charge in [0.25, 0.3) is 0 Å². The van der Waals surface area contributed by atoms with Crippen LogP contribution in [0.2, 0.25) is 0 Å². The summed E-state index contributed by atoms with van der Waals surface area (Å²) in [5, 5.41) is 6.73. The second-order valence-corrected chi connectivity index (χ2v) is 6.96. The van der Waals surface area contributed by atoms with Crippen LogP contribution in [0.1, 0.15) is 41.4 Å². The molecule has 1 aromatic heterocycles. The van der Waals surface area contributed by atoms with Gasteiger partial charge in [0.2, 0.25) is 11.9 Å². The number of benzene rings is 2. The molecule has 0 saturated heterocycles. The average molecular weight is 361 g/mol. The Morgan fingerprint density at radius 3 is 2.11 bits per heavy atom. The van der Waals surface area contributed by atoms with E-state index in [1.54, 1.807) is 0 Å². The third kappa shape index (κ3) is 4.61. The average Bonchev–Trinajstić information content (AvgIpc) is 2.59. The molecule has 0 aliphatic rings. The van der Waals surface area contributed by atoms with E-state index in [1.165, 1.54) is 22.3 Å². The van der Waals surface area contributed by atoms with Gasteiger partial charge in [0.15, 0.2) is 0 Å². The van der Waals surface area contributed by atoms with E-state index in [-0.39, 0.29) is 0 Å². The maximum Gasteiger partial charge on any atom is 0.232 e. The van der Waals surface area contributed by atoms with Gasteiger partial charge in [0.05, 0.1) is 0 Å². The van der Waals surface area contributed by atoms with Crippen molar-refractivity contribution < 1.29 is 0 Å². The van der Waals surface area contributed by atoms with Gasteiger partial charge in [-0.15, -0.1) is 0 Å². The first-order valence-corrected chi connectivity index (χ1v) is 9.38. The minimum atomic E-state index is 0.549. The molecule has 0 radical (unpaired) electrons. The molecule has 3 rings (SSSR count). The molecule has 1 heterocycles. The largest absolute Gasteiger partial charge is 0.324 e.